The Hall–Kier alpha value is -2.15. The van der Waals surface area contributed by atoms with Gasteiger partial charge in [0.05, 0.1) is 0 Å². The summed E-state index contributed by atoms with van der Waals surface area (Å²) < 4.78 is 11.3. The van der Waals surface area contributed by atoms with E-state index in [1.807, 2.05) is 18.2 Å². The number of para-hydroxylation sites is 2. The first kappa shape index (κ1) is 15.4. The predicted octanol–water partition coefficient (Wildman–Crippen LogP) is 3.36. The normalized spacial score (nSPS) is 20.6. The summed E-state index contributed by atoms with van der Waals surface area (Å²) >= 11 is 1.47. The van der Waals surface area contributed by atoms with E-state index < -0.39 is 6.10 Å². The number of nitrogens with zero attached hydrogens (tertiary/aromatic N) is 2. The summed E-state index contributed by atoms with van der Waals surface area (Å²) in [6.45, 7) is 0.192. The number of hydrogen-bond acceptors (Lipinski definition) is 6. The van der Waals surface area contributed by atoms with Crippen molar-refractivity contribution in [1.29, 1.82) is 0 Å². The second-order valence-corrected chi connectivity index (χ2v) is 7.14. The molecule has 2 heterocycles. The fourth-order valence-corrected chi connectivity index (χ4v) is 4.05. The van der Waals surface area contributed by atoms with Crippen LogP contribution in [0.4, 0.5) is 5.13 Å². The standard InChI is InChI=1S/C17H19N3O3S/c21-15(14-10-22-12-8-4-5-9-13(12)23-14)18-17-20-19-16(24-17)11-6-2-1-3-7-11/h4-5,8-9,11,14H,1-3,6-7,10H2,(H,18,20,21). The monoisotopic (exact) mass is 345 g/mol. The molecule has 0 saturated heterocycles. The minimum absolute atomic E-state index is 0.192. The summed E-state index contributed by atoms with van der Waals surface area (Å²) in [4.78, 5) is 12.4. The zero-order valence-corrected chi connectivity index (χ0v) is 14.1. The van der Waals surface area contributed by atoms with Gasteiger partial charge in [-0.05, 0) is 25.0 Å². The van der Waals surface area contributed by atoms with E-state index in [0.29, 0.717) is 22.5 Å². The second kappa shape index (κ2) is 6.76. The van der Waals surface area contributed by atoms with Crippen molar-refractivity contribution in [3.8, 4) is 11.5 Å². The van der Waals surface area contributed by atoms with Crippen LogP contribution in [0, 0.1) is 0 Å². The van der Waals surface area contributed by atoms with Crippen LogP contribution in [0.2, 0.25) is 0 Å². The summed E-state index contributed by atoms with van der Waals surface area (Å²) in [6.07, 6.45) is 5.45. The molecule has 0 radical (unpaired) electrons. The Morgan fingerprint density at radius 1 is 1.12 bits per heavy atom. The molecule has 24 heavy (non-hydrogen) atoms. The highest BCUT2D eigenvalue weighted by atomic mass is 32.1. The fourth-order valence-electron chi connectivity index (χ4n) is 3.13. The molecule has 1 fully saturated rings. The van der Waals surface area contributed by atoms with E-state index >= 15 is 0 Å². The van der Waals surface area contributed by atoms with E-state index in [0.717, 1.165) is 5.01 Å². The molecule has 0 spiro atoms. The van der Waals surface area contributed by atoms with Crippen molar-refractivity contribution in [2.45, 2.75) is 44.1 Å². The number of hydrogen-bond donors (Lipinski definition) is 1. The number of carbonyl (C=O) groups excluding carboxylic acids is 1. The third-order valence-corrected chi connectivity index (χ3v) is 5.43. The van der Waals surface area contributed by atoms with Gasteiger partial charge in [-0.1, -0.05) is 42.7 Å². The summed E-state index contributed by atoms with van der Waals surface area (Å²) in [5.74, 6) is 1.49. The number of anilines is 1. The number of rotatable bonds is 3. The molecule has 0 bridgehead atoms. The number of carbonyl (C=O) groups is 1. The number of ether oxygens (including phenoxy) is 2. The van der Waals surface area contributed by atoms with Crippen LogP contribution in [0.3, 0.4) is 0 Å². The third kappa shape index (κ3) is 3.21. The first-order valence-corrected chi connectivity index (χ1v) is 9.14. The Morgan fingerprint density at radius 2 is 1.92 bits per heavy atom. The maximum absolute atomic E-state index is 12.4. The van der Waals surface area contributed by atoms with Crippen LogP contribution in [0.25, 0.3) is 0 Å². The largest absolute Gasteiger partial charge is 0.485 e. The fraction of sp³-hybridized carbons (Fsp3) is 0.471. The maximum Gasteiger partial charge on any atom is 0.270 e. The lowest BCUT2D eigenvalue weighted by Gasteiger charge is -2.25. The average molecular weight is 345 g/mol. The third-order valence-electron chi connectivity index (χ3n) is 4.43. The van der Waals surface area contributed by atoms with E-state index in [1.165, 1.54) is 43.4 Å². The van der Waals surface area contributed by atoms with Crippen molar-refractivity contribution < 1.29 is 14.3 Å². The van der Waals surface area contributed by atoms with Gasteiger partial charge in [-0.15, -0.1) is 10.2 Å². The van der Waals surface area contributed by atoms with Crippen molar-refractivity contribution in [1.82, 2.24) is 10.2 Å². The molecule has 4 rings (SSSR count). The molecule has 1 aliphatic carbocycles. The molecule has 1 unspecified atom stereocenters. The van der Waals surface area contributed by atoms with Crippen LogP contribution in [0.15, 0.2) is 24.3 Å². The Labute approximate surface area is 144 Å². The van der Waals surface area contributed by atoms with Gasteiger partial charge in [0.1, 0.15) is 11.6 Å². The van der Waals surface area contributed by atoms with Gasteiger partial charge >= 0.3 is 0 Å². The highest BCUT2D eigenvalue weighted by Crippen LogP contribution is 2.35. The maximum atomic E-state index is 12.4. The second-order valence-electron chi connectivity index (χ2n) is 6.13. The number of aromatic nitrogens is 2. The van der Waals surface area contributed by atoms with Crippen molar-refractivity contribution in [3.63, 3.8) is 0 Å². The molecule has 1 aromatic carbocycles. The van der Waals surface area contributed by atoms with E-state index in [1.54, 1.807) is 6.07 Å². The molecule has 1 saturated carbocycles. The summed E-state index contributed by atoms with van der Waals surface area (Å²) in [5, 5.41) is 12.7. The zero-order chi connectivity index (χ0) is 16.4. The first-order valence-electron chi connectivity index (χ1n) is 8.32. The van der Waals surface area contributed by atoms with Gasteiger partial charge in [0.25, 0.3) is 5.91 Å². The van der Waals surface area contributed by atoms with Crippen molar-refractivity contribution in [3.05, 3.63) is 29.3 Å². The van der Waals surface area contributed by atoms with Crippen molar-refractivity contribution >= 4 is 22.4 Å². The van der Waals surface area contributed by atoms with Gasteiger partial charge in [0, 0.05) is 5.92 Å². The zero-order valence-electron chi connectivity index (χ0n) is 13.2. The quantitative estimate of drug-likeness (QED) is 0.923. The lowest BCUT2D eigenvalue weighted by molar-refractivity contribution is -0.125. The van der Waals surface area contributed by atoms with Crippen LogP contribution in [0.1, 0.15) is 43.0 Å². The summed E-state index contributed by atoms with van der Waals surface area (Å²) in [7, 11) is 0. The molecular formula is C17H19N3O3S. The topological polar surface area (TPSA) is 73.3 Å². The van der Waals surface area contributed by atoms with Crippen molar-refractivity contribution in [2.75, 3.05) is 11.9 Å². The van der Waals surface area contributed by atoms with E-state index in [-0.39, 0.29) is 12.5 Å². The predicted molar refractivity (Wildman–Crippen MR) is 90.7 cm³/mol. The molecule has 1 atom stereocenters. The molecule has 2 aliphatic rings. The number of benzene rings is 1. The van der Waals surface area contributed by atoms with Crippen LogP contribution in [0.5, 0.6) is 11.5 Å². The SMILES string of the molecule is O=C(Nc1nnc(C2CCCCC2)s1)C1COc2ccccc2O1. The van der Waals surface area contributed by atoms with E-state index in [9.17, 15) is 4.79 Å². The van der Waals surface area contributed by atoms with Crippen LogP contribution in [-0.4, -0.2) is 28.8 Å². The van der Waals surface area contributed by atoms with Crippen LogP contribution in [-0.2, 0) is 4.79 Å². The first-order chi connectivity index (χ1) is 11.8. The number of nitrogens with one attached hydrogen (secondary N) is 1. The Bertz CT molecular complexity index is 727. The van der Waals surface area contributed by atoms with Gasteiger partial charge in [-0.25, -0.2) is 0 Å². The van der Waals surface area contributed by atoms with Gasteiger partial charge in [0.15, 0.2) is 11.5 Å². The van der Waals surface area contributed by atoms with Gasteiger partial charge in [0.2, 0.25) is 11.2 Å². The minimum atomic E-state index is -0.679. The molecule has 1 N–H and O–H groups in total. The molecule has 2 aromatic rings. The van der Waals surface area contributed by atoms with E-state index in [2.05, 4.69) is 15.5 Å². The number of fused-ring (bicyclic) bond motifs is 1. The van der Waals surface area contributed by atoms with Gasteiger partial charge in [-0.3, -0.25) is 10.1 Å². The smallest absolute Gasteiger partial charge is 0.270 e. The molecule has 7 heteroatoms. The van der Waals surface area contributed by atoms with Crippen LogP contribution < -0.4 is 14.8 Å². The van der Waals surface area contributed by atoms with Gasteiger partial charge in [-0.2, -0.15) is 0 Å². The van der Waals surface area contributed by atoms with Crippen LogP contribution >= 0.6 is 11.3 Å². The Morgan fingerprint density at radius 3 is 2.75 bits per heavy atom. The average Bonchev–Trinajstić information content (AvgIpc) is 3.10. The molecule has 1 aliphatic heterocycles. The summed E-state index contributed by atoms with van der Waals surface area (Å²) in [6, 6.07) is 7.34. The van der Waals surface area contributed by atoms with E-state index in [4.69, 9.17) is 9.47 Å². The highest BCUT2D eigenvalue weighted by molar-refractivity contribution is 7.15. The molecular weight excluding hydrogens is 326 g/mol. The molecule has 1 amide bonds. The minimum Gasteiger partial charge on any atom is -0.485 e. The number of amides is 1. The highest BCUT2D eigenvalue weighted by Gasteiger charge is 2.28. The lowest BCUT2D eigenvalue weighted by Crippen LogP contribution is -2.40. The Balaban J connectivity index is 1.39. The lowest BCUT2D eigenvalue weighted by atomic mass is 9.90. The van der Waals surface area contributed by atoms with Crippen molar-refractivity contribution in [2.24, 2.45) is 0 Å². The summed E-state index contributed by atoms with van der Waals surface area (Å²) in [5.41, 5.74) is 0. The molecule has 126 valence electrons. The van der Waals surface area contributed by atoms with Gasteiger partial charge < -0.3 is 9.47 Å². The molecule has 1 aromatic heterocycles. The Kier molecular flexibility index (Phi) is 4.34. The molecule has 6 nitrogen and oxygen atoms in total.